The highest BCUT2D eigenvalue weighted by atomic mass is 16.6. The molecule has 0 spiro atoms. The van der Waals surface area contributed by atoms with Gasteiger partial charge in [0.1, 0.15) is 5.75 Å². The fraction of sp³-hybridized carbons (Fsp3) is 0.600. The fourth-order valence-electron chi connectivity index (χ4n) is 2.19. The maximum atomic E-state index is 10.3. The van der Waals surface area contributed by atoms with E-state index in [1.807, 2.05) is 0 Å². The van der Waals surface area contributed by atoms with E-state index in [9.17, 15) is 5.11 Å². The molecule has 1 aromatic rings. The van der Waals surface area contributed by atoms with Crippen molar-refractivity contribution in [2.45, 2.75) is 52.1 Å². The smallest absolute Gasteiger partial charge is 0.122 e. The van der Waals surface area contributed by atoms with Crippen LogP contribution in [-0.4, -0.2) is 17.8 Å². The first kappa shape index (κ1) is 12.4. The van der Waals surface area contributed by atoms with Crippen LogP contribution < -0.4 is 0 Å². The van der Waals surface area contributed by atoms with Gasteiger partial charge in [0.05, 0.1) is 12.7 Å². The summed E-state index contributed by atoms with van der Waals surface area (Å²) in [6, 6.07) is 4.26. The van der Waals surface area contributed by atoms with Crippen molar-refractivity contribution < 1.29 is 9.84 Å². The molecule has 94 valence electrons. The third-order valence-corrected chi connectivity index (χ3v) is 3.34. The number of ether oxygens (including phenoxy) is 1. The quantitative estimate of drug-likeness (QED) is 0.808. The fourth-order valence-corrected chi connectivity index (χ4v) is 2.19. The Morgan fingerprint density at radius 1 is 1.18 bits per heavy atom. The molecule has 1 aliphatic rings. The van der Waals surface area contributed by atoms with Crippen LogP contribution in [-0.2, 0) is 11.2 Å². The van der Waals surface area contributed by atoms with Gasteiger partial charge in [-0.1, -0.05) is 39.8 Å². The Bertz CT molecular complexity index is 374. The maximum absolute atomic E-state index is 10.3. The molecule has 1 unspecified atom stereocenters. The summed E-state index contributed by atoms with van der Waals surface area (Å²) in [6.45, 7) is 9.37. The second-order valence-electron chi connectivity index (χ2n) is 5.59. The van der Waals surface area contributed by atoms with Gasteiger partial charge in [-0.05, 0) is 28.5 Å². The minimum absolute atomic E-state index is 0.354. The average Bonchev–Trinajstić information content (AvgIpc) is 3.03. The van der Waals surface area contributed by atoms with Crippen LogP contribution in [0.2, 0.25) is 0 Å². The molecule has 17 heavy (non-hydrogen) atoms. The molecular weight excluding hydrogens is 212 g/mol. The predicted molar refractivity (Wildman–Crippen MR) is 69.7 cm³/mol. The predicted octanol–water partition coefficient (Wildman–Crippen LogP) is 3.58. The number of hydrogen-bond acceptors (Lipinski definition) is 2. The molecule has 0 aromatic heterocycles. The summed E-state index contributed by atoms with van der Waals surface area (Å²) in [4.78, 5) is 0. The minimum Gasteiger partial charge on any atom is -0.507 e. The number of phenolic OH excluding ortho intramolecular Hbond substituents is 1. The van der Waals surface area contributed by atoms with Gasteiger partial charge in [0, 0.05) is 6.42 Å². The molecule has 0 aliphatic carbocycles. The van der Waals surface area contributed by atoms with Crippen LogP contribution >= 0.6 is 0 Å². The molecule has 0 radical (unpaired) electrons. The van der Waals surface area contributed by atoms with Gasteiger partial charge in [0.2, 0.25) is 0 Å². The molecule has 0 amide bonds. The van der Waals surface area contributed by atoms with Crippen molar-refractivity contribution in [3.8, 4) is 5.75 Å². The first-order valence-electron chi connectivity index (χ1n) is 6.46. The van der Waals surface area contributed by atoms with E-state index >= 15 is 0 Å². The number of hydrogen-bond donors (Lipinski definition) is 1. The summed E-state index contributed by atoms with van der Waals surface area (Å²) in [6.07, 6.45) is 1.37. The molecule has 2 nitrogen and oxygen atoms in total. The molecule has 1 aliphatic heterocycles. The summed E-state index contributed by atoms with van der Waals surface area (Å²) >= 11 is 0. The van der Waals surface area contributed by atoms with Crippen LogP contribution in [0.15, 0.2) is 12.1 Å². The summed E-state index contributed by atoms with van der Waals surface area (Å²) in [5, 5.41) is 10.3. The van der Waals surface area contributed by atoms with Crippen LogP contribution in [0.1, 0.15) is 56.2 Å². The van der Waals surface area contributed by atoms with Crippen molar-refractivity contribution in [3.63, 3.8) is 0 Å². The van der Waals surface area contributed by atoms with Gasteiger partial charge in [0.15, 0.2) is 0 Å². The molecular formula is C15H22O2. The normalized spacial score (nSPS) is 19.1. The van der Waals surface area contributed by atoms with E-state index in [-0.39, 0.29) is 0 Å². The Balaban J connectivity index is 2.39. The van der Waals surface area contributed by atoms with Crippen LogP contribution in [0, 0.1) is 0 Å². The third kappa shape index (κ3) is 2.81. The van der Waals surface area contributed by atoms with Crippen molar-refractivity contribution in [1.82, 2.24) is 0 Å². The lowest BCUT2D eigenvalue weighted by Crippen LogP contribution is -2.01. The molecule has 1 N–H and O–H groups in total. The Hall–Kier alpha value is -1.02. The van der Waals surface area contributed by atoms with Gasteiger partial charge in [-0.15, -0.1) is 0 Å². The summed E-state index contributed by atoms with van der Waals surface area (Å²) in [7, 11) is 0. The number of phenols is 1. The van der Waals surface area contributed by atoms with E-state index in [1.54, 1.807) is 0 Å². The minimum atomic E-state index is 0.354. The molecule has 1 saturated heterocycles. The lowest BCUT2D eigenvalue weighted by Gasteiger charge is -2.17. The van der Waals surface area contributed by atoms with Crippen LogP contribution in [0.4, 0.5) is 0 Å². The number of aromatic hydroxyl groups is 1. The molecule has 1 aromatic carbocycles. The largest absolute Gasteiger partial charge is 0.507 e. The van der Waals surface area contributed by atoms with E-state index < -0.39 is 0 Å². The van der Waals surface area contributed by atoms with Gasteiger partial charge < -0.3 is 9.84 Å². The Morgan fingerprint density at radius 3 is 2.00 bits per heavy atom. The standard InChI is InChI=1S/C15H22O2/c1-9(2)13-6-11(5-12-8-17-12)7-14(10(3)4)15(13)16/h6-7,9-10,12,16H,5,8H2,1-4H3. The Labute approximate surface area is 104 Å². The zero-order valence-corrected chi connectivity index (χ0v) is 11.2. The molecule has 0 saturated carbocycles. The molecule has 2 rings (SSSR count). The van der Waals surface area contributed by atoms with Gasteiger partial charge >= 0.3 is 0 Å². The second-order valence-corrected chi connectivity index (χ2v) is 5.59. The highest BCUT2D eigenvalue weighted by Crippen LogP contribution is 2.35. The lowest BCUT2D eigenvalue weighted by atomic mass is 9.90. The van der Waals surface area contributed by atoms with Crippen LogP contribution in [0.25, 0.3) is 0 Å². The van der Waals surface area contributed by atoms with Crippen molar-refractivity contribution >= 4 is 0 Å². The summed E-state index contributed by atoms with van der Waals surface area (Å²) < 4.78 is 5.28. The Morgan fingerprint density at radius 2 is 1.65 bits per heavy atom. The van der Waals surface area contributed by atoms with Crippen molar-refractivity contribution in [2.24, 2.45) is 0 Å². The Kier molecular flexibility index (Phi) is 3.43. The zero-order chi connectivity index (χ0) is 12.6. The van der Waals surface area contributed by atoms with E-state index in [1.165, 1.54) is 5.56 Å². The average molecular weight is 234 g/mol. The van der Waals surface area contributed by atoms with Gasteiger partial charge in [-0.3, -0.25) is 0 Å². The van der Waals surface area contributed by atoms with Gasteiger partial charge in [-0.25, -0.2) is 0 Å². The molecule has 1 heterocycles. The van der Waals surface area contributed by atoms with Gasteiger partial charge in [0.25, 0.3) is 0 Å². The van der Waals surface area contributed by atoms with E-state index in [4.69, 9.17) is 4.74 Å². The first-order chi connectivity index (χ1) is 7.99. The topological polar surface area (TPSA) is 32.8 Å². The molecule has 2 heteroatoms. The first-order valence-corrected chi connectivity index (χ1v) is 6.46. The van der Waals surface area contributed by atoms with Crippen molar-refractivity contribution in [2.75, 3.05) is 6.61 Å². The van der Waals surface area contributed by atoms with E-state index in [0.29, 0.717) is 23.7 Å². The van der Waals surface area contributed by atoms with Crippen molar-refractivity contribution in [1.29, 1.82) is 0 Å². The maximum Gasteiger partial charge on any atom is 0.122 e. The SMILES string of the molecule is CC(C)c1cc(CC2CO2)cc(C(C)C)c1O. The third-order valence-electron chi connectivity index (χ3n) is 3.34. The van der Waals surface area contributed by atoms with Crippen LogP contribution in [0.5, 0.6) is 5.75 Å². The monoisotopic (exact) mass is 234 g/mol. The molecule has 1 fully saturated rings. The summed E-state index contributed by atoms with van der Waals surface area (Å²) in [5.74, 6) is 1.19. The lowest BCUT2D eigenvalue weighted by molar-refractivity contribution is 0.407. The molecule has 1 atom stereocenters. The summed E-state index contributed by atoms with van der Waals surface area (Å²) in [5.41, 5.74) is 3.41. The highest BCUT2D eigenvalue weighted by molar-refractivity contribution is 5.47. The van der Waals surface area contributed by atoms with E-state index in [0.717, 1.165) is 24.2 Å². The van der Waals surface area contributed by atoms with E-state index in [2.05, 4.69) is 39.8 Å². The number of rotatable bonds is 4. The molecule has 0 bridgehead atoms. The zero-order valence-electron chi connectivity index (χ0n) is 11.2. The highest BCUT2D eigenvalue weighted by Gasteiger charge is 2.24. The van der Waals surface area contributed by atoms with Crippen molar-refractivity contribution in [3.05, 3.63) is 28.8 Å². The number of epoxide rings is 1. The number of benzene rings is 1. The van der Waals surface area contributed by atoms with Gasteiger partial charge in [-0.2, -0.15) is 0 Å². The van der Waals surface area contributed by atoms with Crippen LogP contribution in [0.3, 0.4) is 0 Å². The second kappa shape index (κ2) is 4.69.